The highest BCUT2D eigenvalue weighted by molar-refractivity contribution is 7.17. The maximum atomic E-state index is 13.1. The van der Waals surface area contributed by atoms with Crippen molar-refractivity contribution in [3.05, 3.63) is 51.6 Å². The van der Waals surface area contributed by atoms with Crippen LogP contribution in [0.3, 0.4) is 0 Å². The van der Waals surface area contributed by atoms with Crippen molar-refractivity contribution in [3.8, 4) is 10.6 Å². The predicted octanol–water partition coefficient (Wildman–Crippen LogP) is 4.66. The van der Waals surface area contributed by atoms with Gasteiger partial charge < -0.3 is 9.84 Å². The minimum Gasteiger partial charge on any atom is -0.340 e. The van der Waals surface area contributed by atoms with Gasteiger partial charge in [0, 0.05) is 17.5 Å². The summed E-state index contributed by atoms with van der Waals surface area (Å²) in [6, 6.07) is 7.48. The fourth-order valence-electron chi connectivity index (χ4n) is 3.50. The third-order valence-electron chi connectivity index (χ3n) is 4.84. The quantitative estimate of drug-likeness (QED) is 0.686. The van der Waals surface area contributed by atoms with Crippen LogP contribution in [0.1, 0.15) is 52.8 Å². The zero-order valence-electron chi connectivity index (χ0n) is 15.1. The van der Waals surface area contributed by atoms with Gasteiger partial charge >= 0.3 is 0 Å². The first-order valence-corrected chi connectivity index (χ1v) is 10.0. The summed E-state index contributed by atoms with van der Waals surface area (Å²) >= 11 is 7.45. The summed E-state index contributed by atoms with van der Waals surface area (Å²) in [6.07, 6.45) is 3.64. The number of aromatic nitrogens is 3. The monoisotopic (exact) mass is 402 g/mol. The van der Waals surface area contributed by atoms with Crippen molar-refractivity contribution in [2.24, 2.45) is 0 Å². The van der Waals surface area contributed by atoms with Gasteiger partial charge in [-0.3, -0.25) is 4.79 Å². The van der Waals surface area contributed by atoms with E-state index in [9.17, 15) is 4.79 Å². The van der Waals surface area contributed by atoms with E-state index in [1.165, 1.54) is 11.3 Å². The Labute approximate surface area is 166 Å². The van der Waals surface area contributed by atoms with Crippen LogP contribution in [0.25, 0.3) is 10.6 Å². The average Bonchev–Trinajstić information content (AvgIpc) is 3.35. The molecule has 2 aromatic heterocycles. The molecule has 1 saturated carbocycles. The lowest BCUT2D eigenvalue weighted by Gasteiger charge is -2.26. The second-order valence-electron chi connectivity index (χ2n) is 6.82. The van der Waals surface area contributed by atoms with Gasteiger partial charge in [0.2, 0.25) is 5.89 Å². The first kappa shape index (κ1) is 18.1. The molecule has 6 nitrogen and oxygen atoms in total. The minimum absolute atomic E-state index is 0.150. The smallest absolute Gasteiger partial charge is 0.264 e. The third-order valence-corrected chi connectivity index (χ3v) is 6.28. The van der Waals surface area contributed by atoms with Crippen LogP contribution in [0.15, 0.2) is 28.8 Å². The molecule has 1 aliphatic rings. The standard InChI is InChI=1S/C19H19ClN4O2S/c1-11-15(27-17(21-11)13-6-5-7-14(20)10-13)16(25)23-19(8-3-4-9-19)18-22-12(2)26-24-18/h5-7,10H,3-4,8-9H2,1-2H3,(H,23,25). The molecule has 27 heavy (non-hydrogen) atoms. The van der Waals surface area contributed by atoms with Gasteiger partial charge in [-0.15, -0.1) is 11.3 Å². The van der Waals surface area contributed by atoms with Gasteiger partial charge in [-0.1, -0.05) is 41.7 Å². The van der Waals surface area contributed by atoms with Crippen molar-refractivity contribution < 1.29 is 9.32 Å². The lowest BCUT2D eigenvalue weighted by Crippen LogP contribution is -2.44. The first-order chi connectivity index (χ1) is 13.0. The summed E-state index contributed by atoms with van der Waals surface area (Å²) in [5.74, 6) is 0.911. The Balaban J connectivity index is 1.63. The van der Waals surface area contributed by atoms with Crippen LogP contribution in [0.2, 0.25) is 5.02 Å². The number of nitrogens with one attached hydrogen (secondary N) is 1. The van der Waals surface area contributed by atoms with E-state index in [0.717, 1.165) is 36.3 Å². The molecule has 0 unspecified atom stereocenters. The Morgan fingerprint density at radius 3 is 2.70 bits per heavy atom. The zero-order valence-corrected chi connectivity index (χ0v) is 16.7. The largest absolute Gasteiger partial charge is 0.340 e. The highest BCUT2D eigenvalue weighted by Crippen LogP contribution is 2.38. The molecule has 2 heterocycles. The molecule has 8 heteroatoms. The molecule has 3 aromatic rings. The highest BCUT2D eigenvalue weighted by Gasteiger charge is 2.41. The van der Waals surface area contributed by atoms with Crippen LogP contribution < -0.4 is 5.32 Å². The van der Waals surface area contributed by atoms with Crippen LogP contribution in [0.4, 0.5) is 0 Å². The normalized spacial score (nSPS) is 15.8. The summed E-state index contributed by atoms with van der Waals surface area (Å²) in [5.41, 5.74) is 1.03. The van der Waals surface area contributed by atoms with Crippen molar-refractivity contribution in [1.29, 1.82) is 0 Å². The molecule has 140 valence electrons. The van der Waals surface area contributed by atoms with Crippen molar-refractivity contribution in [2.75, 3.05) is 0 Å². The van der Waals surface area contributed by atoms with Gasteiger partial charge in [-0.05, 0) is 31.9 Å². The minimum atomic E-state index is -0.568. The Kier molecular flexibility index (Phi) is 4.74. The number of hydrogen-bond donors (Lipinski definition) is 1. The molecule has 0 saturated heterocycles. The maximum Gasteiger partial charge on any atom is 0.264 e. The molecule has 0 radical (unpaired) electrons. The van der Waals surface area contributed by atoms with Crippen LogP contribution in [-0.2, 0) is 5.54 Å². The number of aryl methyl sites for hydroxylation is 2. The number of carbonyl (C=O) groups is 1. The van der Waals surface area contributed by atoms with E-state index in [-0.39, 0.29) is 5.91 Å². The van der Waals surface area contributed by atoms with E-state index < -0.39 is 5.54 Å². The number of rotatable bonds is 4. The fourth-order valence-corrected chi connectivity index (χ4v) is 4.65. The zero-order chi connectivity index (χ0) is 19.0. The molecule has 0 spiro atoms. The fraction of sp³-hybridized carbons (Fsp3) is 0.368. The van der Waals surface area contributed by atoms with Gasteiger partial charge in [0.1, 0.15) is 15.4 Å². The molecule has 0 atom stereocenters. The van der Waals surface area contributed by atoms with Crippen LogP contribution in [-0.4, -0.2) is 21.0 Å². The molecule has 1 fully saturated rings. The topological polar surface area (TPSA) is 80.9 Å². The second kappa shape index (κ2) is 7.05. The third kappa shape index (κ3) is 3.49. The Bertz CT molecular complexity index is 991. The Morgan fingerprint density at radius 1 is 1.26 bits per heavy atom. The number of halogens is 1. The molecule has 1 aliphatic carbocycles. The van der Waals surface area contributed by atoms with Crippen molar-refractivity contribution in [1.82, 2.24) is 20.4 Å². The van der Waals surface area contributed by atoms with E-state index >= 15 is 0 Å². The van der Waals surface area contributed by atoms with Crippen molar-refractivity contribution in [2.45, 2.75) is 45.1 Å². The van der Waals surface area contributed by atoms with Gasteiger partial charge in [0.05, 0.1) is 5.69 Å². The number of amides is 1. The SMILES string of the molecule is Cc1nc(C2(NC(=O)c3sc(-c4cccc(Cl)c4)nc3C)CCCC2)no1. The molecule has 0 aliphatic heterocycles. The Hall–Kier alpha value is -2.25. The van der Waals surface area contributed by atoms with Crippen molar-refractivity contribution in [3.63, 3.8) is 0 Å². The number of hydrogen-bond acceptors (Lipinski definition) is 6. The lowest BCUT2D eigenvalue weighted by atomic mass is 9.96. The summed E-state index contributed by atoms with van der Waals surface area (Å²) < 4.78 is 5.15. The predicted molar refractivity (Wildman–Crippen MR) is 104 cm³/mol. The summed E-state index contributed by atoms with van der Waals surface area (Å²) in [5, 5.41) is 8.67. The second-order valence-corrected chi connectivity index (χ2v) is 8.26. The lowest BCUT2D eigenvalue weighted by molar-refractivity contribution is 0.0895. The number of nitrogens with zero attached hydrogens (tertiary/aromatic N) is 3. The maximum absolute atomic E-state index is 13.1. The number of thiazole rings is 1. The molecule has 0 bridgehead atoms. The summed E-state index contributed by atoms with van der Waals surface area (Å²) in [6.45, 7) is 3.60. The van der Waals surface area contributed by atoms with Crippen molar-refractivity contribution >= 4 is 28.8 Å². The number of carbonyl (C=O) groups excluding carboxylic acids is 1. The summed E-state index contributed by atoms with van der Waals surface area (Å²) in [7, 11) is 0. The molecular weight excluding hydrogens is 384 g/mol. The molecule has 1 amide bonds. The van der Waals surface area contributed by atoms with E-state index in [4.69, 9.17) is 16.1 Å². The molecule has 1 aromatic carbocycles. The van der Waals surface area contributed by atoms with Gasteiger partial charge in [-0.2, -0.15) is 4.98 Å². The van der Waals surface area contributed by atoms with Crippen LogP contribution in [0.5, 0.6) is 0 Å². The van der Waals surface area contributed by atoms with Gasteiger partial charge in [-0.25, -0.2) is 4.98 Å². The van der Waals surface area contributed by atoms with Crippen LogP contribution in [0, 0.1) is 13.8 Å². The van der Waals surface area contributed by atoms with Crippen LogP contribution >= 0.6 is 22.9 Å². The van der Waals surface area contributed by atoms with Gasteiger partial charge in [0.15, 0.2) is 5.82 Å². The number of benzene rings is 1. The first-order valence-electron chi connectivity index (χ1n) is 8.83. The van der Waals surface area contributed by atoms with E-state index in [2.05, 4.69) is 20.4 Å². The van der Waals surface area contributed by atoms with Gasteiger partial charge in [0.25, 0.3) is 5.91 Å². The Morgan fingerprint density at radius 2 is 2.04 bits per heavy atom. The van der Waals surface area contributed by atoms with E-state index in [1.54, 1.807) is 6.92 Å². The molecular formula is C19H19ClN4O2S. The highest BCUT2D eigenvalue weighted by atomic mass is 35.5. The molecule has 1 N–H and O–H groups in total. The van der Waals surface area contributed by atoms with E-state index in [0.29, 0.717) is 27.3 Å². The average molecular weight is 403 g/mol. The van der Waals surface area contributed by atoms with E-state index in [1.807, 2.05) is 31.2 Å². The summed E-state index contributed by atoms with van der Waals surface area (Å²) in [4.78, 5) is 22.6. The molecule has 4 rings (SSSR count).